The van der Waals surface area contributed by atoms with Crippen molar-refractivity contribution in [2.75, 3.05) is 6.61 Å². The molecule has 0 aromatic heterocycles. The highest BCUT2D eigenvalue weighted by atomic mass is 31.2. The van der Waals surface area contributed by atoms with E-state index in [0.717, 1.165) is 19.3 Å². The van der Waals surface area contributed by atoms with E-state index in [1.807, 2.05) is 0 Å². The molecule has 6 nitrogen and oxygen atoms in total. The summed E-state index contributed by atoms with van der Waals surface area (Å²) in [7, 11) is -4.51. The van der Waals surface area contributed by atoms with Crippen molar-refractivity contribution in [2.24, 2.45) is 5.92 Å². The third-order valence-electron chi connectivity index (χ3n) is 4.40. The van der Waals surface area contributed by atoms with Crippen molar-refractivity contribution in [1.82, 2.24) is 0 Å². The smallest absolute Gasteiger partial charge is 0.469 e. The molecular weight excluding hydrogens is 343 g/mol. The van der Waals surface area contributed by atoms with Gasteiger partial charge in [-0.2, -0.15) is 0 Å². The van der Waals surface area contributed by atoms with Gasteiger partial charge >= 0.3 is 13.8 Å². The average Bonchev–Trinajstić information content (AvgIpc) is 2.53. The third-order valence-corrected chi connectivity index (χ3v) is 4.92. The molecule has 0 bridgehead atoms. The maximum Gasteiger partial charge on any atom is 0.469 e. The molecule has 25 heavy (non-hydrogen) atoms. The minimum absolute atomic E-state index is 0.0882. The highest BCUT2D eigenvalue weighted by molar-refractivity contribution is 7.46. The summed E-state index contributed by atoms with van der Waals surface area (Å²) in [5.41, 5.74) is 0.0882. The summed E-state index contributed by atoms with van der Waals surface area (Å²) in [4.78, 5) is 28.5. The number of phosphoric acid groups is 1. The molecule has 0 fully saturated rings. The summed E-state index contributed by atoms with van der Waals surface area (Å²) < 4.78 is 15.1. The zero-order chi connectivity index (χ0) is 19.1. The molecule has 0 amide bonds. The molecule has 0 aromatic carbocycles. The molecule has 0 aliphatic heterocycles. The second-order valence-electron chi connectivity index (χ2n) is 6.61. The van der Waals surface area contributed by atoms with E-state index in [4.69, 9.17) is 14.9 Å². The van der Waals surface area contributed by atoms with Gasteiger partial charge in [-0.3, -0.25) is 4.52 Å². The lowest BCUT2D eigenvalue weighted by atomic mass is 9.91. The van der Waals surface area contributed by atoms with Crippen LogP contribution in [0.4, 0.5) is 0 Å². The molecule has 0 rings (SSSR count). The van der Waals surface area contributed by atoms with Crippen molar-refractivity contribution in [1.29, 1.82) is 0 Å². The monoisotopic (exact) mass is 378 g/mol. The Morgan fingerprint density at radius 1 is 0.960 bits per heavy atom. The molecule has 0 radical (unpaired) electrons. The Bertz CT molecular complexity index is 418. The number of carboxylic acid groups (broad SMARTS) is 1. The van der Waals surface area contributed by atoms with Gasteiger partial charge in [0.05, 0.1) is 6.61 Å². The van der Waals surface area contributed by atoms with Gasteiger partial charge in [-0.05, 0) is 18.8 Å². The van der Waals surface area contributed by atoms with Crippen LogP contribution in [0.15, 0.2) is 12.2 Å². The Kier molecular flexibility index (Phi) is 14.1. The highest BCUT2D eigenvalue weighted by Gasteiger charge is 2.20. The lowest BCUT2D eigenvalue weighted by Gasteiger charge is -2.17. The first kappa shape index (κ1) is 24.3. The largest absolute Gasteiger partial charge is 0.478 e. The minimum atomic E-state index is -4.51. The second-order valence-corrected chi connectivity index (χ2v) is 7.85. The standard InChI is InChI=1S/C18H35O6P/c1-3-4-5-6-7-8-9-10-11-12-13-17(16(2)18(19)20)14-15-24-25(21,22)23/h17H,2-15H2,1H3,(H,19,20)(H2,21,22,23). The van der Waals surface area contributed by atoms with E-state index in [-0.39, 0.29) is 24.5 Å². The molecule has 0 aliphatic carbocycles. The van der Waals surface area contributed by atoms with Gasteiger partial charge in [-0.15, -0.1) is 0 Å². The van der Waals surface area contributed by atoms with Crippen LogP contribution in [0.3, 0.4) is 0 Å². The van der Waals surface area contributed by atoms with Crippen LogP contribution in [-0.2, 0) is 13.9 Å². The Morgan fingerprint density at radius 2 is 1.44 bits per heavy atom. The lowest BCUT2D eigenvalue weighted by Crippen LogP contribution is -2.14. The van der Waals surface area contributed by atoms with Crippen LogP contribution in [0, 0.1) is 5.92 Å². The summed E-state index contributed by atoms with van der Waals surface area (Å²) in [6, 6.07) is 0. The van der Waals surface area contributed by atoms with E-state index < -0.39 is 13.8 Å². The number of hydrogen-bond donors (Lipinski definition) is 3. The number of unbranched alkanes of at least 4 members (excludes halogenated alkanes) is 9. The third kappa shape index (κ3) is 15.3. The lowest BCUT2D eigenvalue weighted by molar-refractivity contribution is -0.133. The second kappa shape index (κ2) is 14.5. The van der Waals surface area contributed by atoms with Crippen molar-refractivity contribution in [2.45, 2.75) is 84.0 Å². The molecule has 1 unspecified atom stereocenters. The number of aliphatic carboxylic acids is 1. The summed E-state index contributed by atoms with van der Waals surface area (Å²) in [5, 5.41) is 9.08. The first-order chi connectivity index (χ1) is 11.8. The Morgan fingerprint density at radius 3 is 1.88 bits per heavy atom. The summed E-state index contributed by atoms with van der Waals surface area (Å²) in [6.45, 7) is 5.63. The predicted molar refractivity (Wildman–Crippen MR) is 99.3 cm³/mol. The highest BCUT2D eigenvalue weighted by Crippen LogP contribution is 2.36. The van der Waals surface area contributed by atoms with Crippen LogP contribution in [0.2, 0.25) is 0 Å². The fourth-order valence-electron chi connectivity index (χ4n) is 2.86. The van der Waals surface area contributed by atoms with E-state index in [0.29, 0.717) is 6.42 Å². The zero-order valence-electron chi connectivity index (χ0n) is 15.5. The van der Waals surface area contributed by atoms with E-state index in [1.54, 1.807) is 0 Å². The molecule has 1 atom stereocenters. The molecule has 0 saturated heterocycles. The molecule has 0 aliphatic rings. The molecule has 0 heterocycles. The van der Waals surface area contributed by atoms with Gasteiger partial charge in [0, 0.05) is 5.57 Å². The summed E-state index contributed by atoms with van der Waals surface area (Å²) >= 11 is 0. The summed E-state index contributed by atoms with van der Waals surface area (Å²) in [6.07, 6.45) is 13.0. The quantitative estimate of drug-likeness (QED) is 0.186. The van der Waals surface area contributed by atoms with E-state index >= 15 is 0 Å². The maximum atomic E-state index is 11.1. The molecule has 3 N–H and O–H groups in total. The number of carboxylic acids is 1. The van der Waals surface area contributed by atoms with Gasteiger partial charge in [-0.1, -0.05) is 77.7 Å². The van der Waals surface area contributed by atoms with E-state index in [2.05, 4.69) is 18.0 Å². The molecular formula is C18H35O6P. The number of phosphoric ester groups is 1. The van der Waals surface area contributed by atoms with Crippen LogP contribution in [-0.4, -0.2) is 27.5 Å². The van der Waals surface area contributed by atoms with Crippen molar-refractivity contribution in [3.05, 3.63) is 12.2 Å². The minimum Gasteiger partial charge on any atom is -0.478 e. The molecule has 7 heteroatoms. The SMILES string of the molecule is C=C(C(=O)O)C(CCCCCCCCCCCC)CCOP(=O)(O)O. The molecule has 0 spiro atoms. The average molecular weight is 378 g/mol. The fourth-order valence-corrected chi connectivity index (χ4v) is 3.20. The normalized spacial score (nSPS) is 12.9. The summed E-state index contributed by atoms with van der Waals surface area (Å²) in [5.74, 6) is -1.37. The van der Waals surface area contributed by atoms with Gasteiger partial charge in [0.25, 0.3) is 0 Å². The predicted octanol–water partition coefficient (Wildman–Crippen LogP) is 5.05. The van der Waals surface area contributed by atoms with E-state index in [1.165, 1.54) is 44.9 Å². The van der Waals surface area contributed by atoms with Crippen LogP contribution >= 0.6 is 7.82 Å². The van der Waals surface area contributed by atoms with E-state index in [9.17, 15) is 9.36 Å². The van der Waals surface area contributed by atoms with Gasteiger partial charge in [-0.25, -0.2) is 9.36 Å². The van der Waals surface area contributed by atoms with Crippen molar-refractivity contribution in [3.8, 4) is 0 Å². The Labute approximate surface area is 151 Å². The zero-order valence-corrected chi connectivity index (χ0v) is 16.4. The first-order valence-electron chi connectivity index (χ1n) is 9.40. The van der Waals surface area contributed by atoms with Crippen molar-refractivity contribution < 1.29 is 28.8 Å². The number of carbonyl (C=O) groups is 1. The maximum absolute atomic E-state index is 11.1. The molecule has 0 saturated carbocycles. The number of hydrogen-bond acceptors (Lipinski definition) is 3. The number of rotatable bonds is 17. The Balaban J connectivity index is 3.89. The topological polar surface area (TPSA) is 104 Å². The Hall–Kier alpha value is -0.680. The van der Waals surface area contributed by atoms with Crippen LogP contribution in [0.1, 0.15) is 84.0 Å². The van der Waals surface area contributed by atoms with Gasteiger partial charge in [0.2, 0.25) is 0 Å². The van der Waals surface area contributed by atoms with Crippen molar-refractivity contribution in [3.63, 3.8) is 0 Å². The first-order valence-corrected chi connectivity index (χ1v) is 10.9. The molecule has 0 aromatic rings. The van der Waals surface area contributed by atoms with Gasteiger partial charge in [0.1, 0.15) is 0 Å². The van der Waals surface area contributed by atoms with Gasteiger partial charge in [0.15, 0.2) is 0 Å². The van der Waals surface area contributed by atoms with Crippen molar-refractivity contribution >= 4 is 13.8 Å². The van der Waals surface area contributed by atoms with Crippen LogP contribution in [0.25, 0.3) is 0 Å². The van der Waals surface area contributed by atoms with Crippen LogP contribution in [0.5, 0.6) is 0 Å². The fraction of sp³-hybridized carbons (Fsp3) is 0.833. The molecule has 148 valence electrons. The van der Waals surface area contributed by atoms with Gasteiger partial charge < -0.3 is 14.9 Å². The van der Waals surface area contributed by atoms with Crippen LogP contribution < -0.4 is 0 Å².